The van der Waals surface area contributed by atoms with Crippen molar-refractivity contribution >= 4 is 15.9 Å². The summed E-state index contributed by atoms with van der Waals surface area (Å²) < 4.78 is 0. The van der Waals surface area contributed by atoms with Gasteiger partial charge >= 0.3 is 0 Å². The molecule has 2 heteroatoms. The second-order valence-electron chi connectivity index (χ2n) is 3.70. The van der Waals surface area contributed by atoms with Gasteiger partial charge in [-0.15, -0.1) is 0 Å². The van der Waals surface area contributed by atoms with Crippen molar-refractivity contribution in [3.8, 4) is 0 Å². The lowest BCUT2D eigenvalue weighted by Crippen LogP contribution is -2.38. The Balaban J connectivity index is 2.33. The zero-order valence-electron chi connectivity index (χ0n) is 7.85. The molecule has 0 radical (unpaired) electrons. The van der Waals surface area contributed by atoms with Crippen LogP contribution in [0.25, 0.3) is 0 Å². The topological polar surface area (TPSA) is 3.24 Å². The van der Waals surface area contributed by atoms with E-state index in [4.69, 9.17) is 0 Å². The molecule has 0 saturated carbocycles. The van der Waals surface area contributed by atoms with E-state index < -0.39 is 0 Å². The molecule has 0 aromatic carbocycles. The second kappa shape index (κ2) is 5.03. The van der Waals surface area contributed by atoms with Crippen LogP contribution in [0.15, 0.2) is 12.2 Å². The summed E-state index contributed by atoms with van der Waals surface area (Å²) in [5, 5.41) is 0.941. The van der Waals surface area contributed by atoms with E-state index in [1.54, 1.807) is 0 Å². The molecule has 1 rings (SSSR count). The van der Waals surface area contributed by atoms with Gasteiger partial charge in [0.05, 0.1) is 0 Å². The number of halogens is 1. The van der Waals surface area contributed by atoms with Crippen molar-refractivity contribution in [3.63, 3.8) is 0 Å². The van der Waals surface area contributed by atoms with Gasteiger partial charge in [-0.1, -0.05) is 34.5 Å². The van der Waals surface area contributed by atoms with E-state index in [-0.39, 0.29) is 0 Å². The molecule has 1 aliphatic rings. The zero-order chi connectivity index (χ0) is 8.97. The average Bonchev–Trinajstić information content (AvgIpc) is 2.09. The third-order valence-electron chi connectivity index (χ3n) is 2.56. The largest absolute Gasteiger partial charge is 0.297 e. The van der Waals surface area contributed by atoms with Crippen LogP contribution in [0.5, 0.6) is 0 Å². The Morgan fingerprint density at radius 1 is 1.58 bits per heavy atom. The van der Waals surface area contributed by atoms with Crippen molar-refractivity contribution in [1.82, 2.24) is 4.90 Å². The number of hydrogen-bond acceptors (Lipinski definition) is 1. The molecule has 1 heterocycles. The molecular formula is C10H18BrN. The van der Waals surface area contributed by atoms with Crippen LogP contribution in [0.1, 0.15) is 26.2 Å². The molecular weight excluding hydrogens is 214 g/mol. The van der Waals surface area contributed by atoms with Gasteiger partial charge in [-0.2, -0.15) is 0 Å². The summed E-state index contributed by atoms with van der Waals surface area (Å²) in [4.78, 5) is 2.53. The van der Waals surface area contributed by atoms with E-state index in [2.05, 4.69) is 34.3 Å². The summed E-state index contributed by atoms with van der Waals surface area (Å²) in [7, 11) is 0. The molecule has 0 amide bonds. The fourth-order valence-electron chi connectivity index (χ4n) is 1.72. The Labute approximate surface area is 84.0 Å². The predicted octanol–water partition coefficient (Wildman–Crippen LogP) is 2.81. The summed E-state index contributed by atoms with van der Waals surface area (Å²) in [6.07, 6.45) is 4.12. The van der Waals surface area contributed by atoms with E-state index in [1.807, 2.05) is 0 Å². The summed E-state index contributed by atoms with van der Waals surface area (Å²) in [6, 6.07) is 0.759. The van der Waals surface area contributed by atoms with E-state index in [0.29, 0.717) is 0 Å². The lowest BCUT2D eigenvalue weighted by molar-refractivity contribution is 0.175. The van der Waals surface area contributed by atoms with Crippen LogP contribution in [0.3, 0.4) is 0 Å². The fourth-order valence-corrected chi connectivity index (χ4v) is 1.90. The predicted molar refractivity (Wildman–Crippen MR) is 57.8 cm³/mol. The normalized spacial score (nSPS) is 25.7. The number of likely N-dealkylation sites (tertiary alicyclic amines) is 1. The number of rotatable bonds is 3. The Morgan fingerprint density at radius 2 is 2.33 bits per heavy atom. The molecule has 0 aliphatic carbocycles. The second-order valence-corrected chi connectivity index (χ2v) is 4.26. The monoisotopic (exact) mass is 231 g/mol. The van der Waals surface area contributed by atoms with E-state index in [9.17, 15) is 0 Å². The third-order valence-corrected chi connectivity index (χ3v) is 3.35. The average molecular weight is 232 g/mol. The van der Waals surface area contributed by atoms with Gasteiger partial charge < -0.3 is 0 Å². The van der Waals surface area contributed by atoms with Gasteiger partial charge in [-0.25, -0.2) is 0 Å². The van der Waals surface area contributed by atoms with E-state index >= 15 is 0 Å². The van der Waals surface area contributed by atoms with Gasteiger partial charge in [-0.3, -0.25) is 4.90 Å². The Kier molecular flexibility index (Phi) is 4.30. The van der Waals surface area contributed by atoms with Gasteiger partial charge in [-0.05, 0) is 26.3 Å². The van der Waals surface area contributed by atoms with E-state index in [1.165, 1.54) is 31.4 Å². The SMILES string of the molecule is C=C(CBr)CN1CCCCC1C. The first kappa shape index (κ1) is 10.3. The summed E-state index contributed by atoms with van der Waals surface area (Å²) in [5.74, 6) is 0. The molecule has 0 aromatic heterocycles. The van der Waals surface area contributed by atoms with Crippen molar-refractivity contribution in [3.05, 3.63) is 12.2 Å². The highest BCUT2D eigenvalue weighted by Gasteiger charge is 2.17. The molecule has 0 N–H and O–H groups in total. The van der Waals surface area contributed by atoms with Gasteiger partial charge in [0.1, 0.15) is 0 Å². The summed E-state index contributed by atoms with van der Waals surface area (Å²) in [5.41, 5.74) is 1.30. The molecule has 0 aromatic rings. The minimum absolute atomic E-state index is 0.759. The number of hydrogen-bond donors (Lipinski definition) is 0. The maximum absolute atomic E-state index is 4.01. The number of nitrogens with zero attached hydrogens (tertiary/aromatic N) is 1. The molecule has 1 fully saturated rings. The fraction of sp³-hybridized carbons (Fsp3) is 0.800. The van der Waals surface area contributed by atoms with Crippen molar-refractivity contribution in [2.24, 2.45) is 0 Å². The van der Waals surface area contributed by atoms with Crippen LogP contribution in [0, 0.1) is 0 Å². The van der Waals surface area contributed by atoms with Crippen molar-refractivity contribution in [1.29, 1.82) is 0 Å². The molecule has 1 unspecified atom stereocenters. The quantitative estimate of drug-likeness (QED) is 0.534. The van der Waals surface area contributed by atoms with Gasteiger partial charge in [0, 0.05) is 17.9 Å². The molecule has 0 bridgehead atoms. The highest BCUT2D eigenvalue weighted by Crippen LogP contribution is 2.17. The molecule has 70 valence electrons. The maximum Gasteiger partial charge on any atom is 0.0251 e. The molecule has 12 heavy (non-hydrogen) atoms. The van der Waals surface area contributed by atoms with Crippen molar-refractivity contribution < 1.29 is 0 Å². The van der Waals surface area contributed by atoms with Crippen LogP contribution < -0.4 is 0 Å². The van der Waals surface area contributed by atoms with Gasteiger partial charge in [0.15, 0.2) is 0 Å². The van der Waals surface area contributed by atoms with Crippen LogP contribution in [-0.2, 0) is 0 Å². The van der Waals surface area contributed by atoms with Gasteiger partial charge in [0.25, 0.3) is 0 Å². The first-order chi connectivity index (χ1) is 5.74. The third kappa shape index (κ3) is 2.91. The van der Waals surface area contributed by atoms with Crippen molar-refractivity contribution in [2.75, 3.05) is 18.4 Å². The van der Waals surface area contributed by atoms with Crippen molar-refractivity contribution in [2.45, 2.75) is 32.2 Å². The van der Waals surface area contributed by atoms with Crippen LogP contribution in [0.2, 0.25) is 0 Å². The molecule has 1 saturated heterocycles. The molecule has 1 atom stereocenters. The first-order valence-corrected chi connectivity index (χ1v) is 5.83. The summed E-state index contributed by atoms with van der Waals surface area (Å²) in [6.45, 7) is 8.67. The Morgan fingerprint density at radius 3 is 2.92 bits per heavy atom. The van der Waals surface area contributed by atoms with E-state index in [0.717, 1.165) is 17.9 Å². The Bertz CT molecular complexity index is 156. The number of alkyl halides is 1. The van der Waals surface area contributed by atoms with Crippen LogP contribution in [-0.4, -0.2) is 29.4 Å². The summed E-state index contributed by atoms with van der Waals surface area (Å²) >= 11 is 3.44. The molecule has 1 nitrogen and oxygen atoms in total. The maximum atomic E-state index is 4.01. The first-order valence-electron chi connectivity index (χ1n) is 4.70. The highest BCUT2D eigenvalue weighted by molar-refractivity contribution is 9.09. The molecule has 1 aliphatic heterocycles. The van der Waals surface area contributed by atoms with Crippen LogP contribution in [0.4, 0.5) is 0 Å². The van der Waals surface area contributed by atoms with Gasteiger partial charge in [0.2, 0.25) is 0 Å². The lowest BCUT2D eigenvalue weighted by Gasteiger charge is -2.33. The molecule has 0 spiro atoms. The van der Waals surface area contributed by atoms with Crippen LogP contribution >= 0.6 is 15.9 Å². The highest BCUT2D eigenvalue weighted by atomic mass is 79.9. The Hall–Kier alpha value is 0.180. The zero-order valence-corrected chi connectivity index (χ0v) is 9.44. The standard InChI is InChI=1S/C10H18BrN/c1-9(7-11)8-12-6-4-3-5-10(12)2/h10H,1,3-8H2,2H3. The smallest absolute Gasteiger partial charge is 0.0251 e. The minimum atomic E-state index is 0.759. The number of piperidine rings is 1. The lowest BCUT2D eigenvalue weighted by atomic mass is 10.0. The minimum Gasteiger partial charge on any atom is -0.297 e.